The van der Waals surface area contributed by atoms with Crippen molar-refractivity contribution in [3.8, 4) is 11.5 Å². The molecule has 0 saturated carbocycles. The third kappa shape index (κ3) is 3.65. The second kappa shape index (κ2) is 5.54. The third-order valence-corrected chi connectivity index (χ3v) is 5.44. The molecule has 134 valence electrons. The lowest BCUT2D eigenvalue weighted by atomic mass is 10.3. The Balaban J connectivity index is 1.85. The Morgan fingerprint density at radius 1 is 0.880 bits per heavy atom. The highest BCUT2D eigenvalue weighted by Gasteiger charge is 2.43. The molecule has 0 fully saturated rings. The van der Waals surface area contributed by atoms with E-state index >= 15 is 0 Å². The van der Waals surface area contributed by atoms with Crippen LogP contribution in [0.5, 0.6) is 11.5 Å². The van der Waals surface area contributed by atoms with E-state index in [9.17, 15) is 25.6 Å². The first-order chi connectivity index (χ1) is 11.5. The second-order valence-corrected chi connectivity index (χ2v) is 8.19. The number of alkyl halides is 2. The molecule has 3 rings (SSSR count). The van der Waals surface area contributed by atoms with Crippen LogP contribution in [0.25, 0.3) is 0 Å². The largest absolute Gasteiger partial charge is 0.586 e. The summed E-state index contributed by atoms with van der Waals surface area (Å²) < 4.78 is 83.4. The summed E-state index contributed by atoms with van der Waals surface area (Å²) in [6.45, 7) is 0. The van der Waals surface area contributed by atoms with E-state index in [0.29, 0.717) is 0 Å². The molecule has 0 radical (unpaired) electrons. The molecule has 0 bridgehead atoms. The zero-order chi connectivity index (χ0) is 18.5. The standard InChI is InChI=1S/C13H10F2N2O6S2/c14-13(15)22-11-6-1-8(7-12(11)23-13)17-25(20,21)10-4-2-9(3-5-10)24(16,18)19/h1-7,17H,(H2,16,18,19). The minimum atomic E-state index is -4.09. The molecule has 25 heavy (non-hydrogen) atoms. The number of rotatable bonds is 4. The molecular formula is C13H10F2N2O6S2. The molecule has 0 aromatic heterocycles. The number of halogens is 2. The highest BCUT2D eigenvalue weighted by Crippen LogP contribution is 2.42. The molecule has 1 aliphatic heterocycles. The Bertz CT molecular complexity index is 1040. The van der Waals surface area contributed by atoms with Gasteiger partial charge in [0.25, 0.3) is 10.0 Å². The second-order valence-electron chi connectivity index (χ2n) is 4.95. The van der Waals surface area contributed by atoms with Crippen LogP contribution in [0.2, 0.25) is 0 Å². The van der Waals surface area contributed by atoms with Crippen molar-refractivity contribution in [2.75, 3.05) is 4.72 Å². The van der Waals surface area contributed by atoms with E-state index in [1.165, 1.54) is 6.07 Å². The molecule has 3 N–H and O–H groups in total. The van der Waals surface area contributed by atoms with Gasteiger partial charge in [0, 0.05) is 6.07 Å². The number of nitrogens with one attached hydrogen (secondary N) is 1. The van der Waals surface area contributed by atoms with Gasteiger partial charge < -0.3 is 9.47 Å². The first-order valence-corrected chi connectivity index (χ1v) is 9.55. The number of benzene rings is 2. The van der Waals surface area contributed by atoms with Crippen LogP contribution in [0.3, 0.4) is 0 Å². The van der Waals surface area contributed by atoms with Crippen LogP contribution >= 0.6 is 0 Å². The monoisotopic (exact) mass is 392 g/mol. The predicted octanol–water partition coefficient (Wildman–Crippen LogP) is 1.46. The summed E-state index contributed by atoms with van der Waals surface area (Å²) >= 11 is 0. The molecule has 0 aliphatic carbocycles. The SMILES string of the molecule is NS(=O)(=O)c1ccc(S(=O)(=O)Nc2ccc3c(c2)OC(F)(F)O3)cc1. The number of hydrogen-bond acceptors (Lipinski definition) is 6. The van der Waals surface area contributed by atoms with Crippen LogP contribution < -0.4 is 19.3 Å². The topological polar surface area (TPSA) is 125 Å². The Kier molecular flexibility index (Phi) is 3.85. The minimum Gasteiger partial charge on any atom is -0.395 e. The lowest BCUT2D eigenvalue weighted by molar-refractivity contribution is -0.286. The smallest absolute Gasteiger partial charge is 0.395 e. The number of hydrogen-bond donors (Lipinski definition) is 2. The molecule has 1 heterocycles. The van der Waals surface area contributed by atoms with E-state index in [2.05, 4.69) is 14.2 Å². The highest BCUT2D eigenvalue weighted by atomic mass is 32.2. The van der Waals surface area contributed by atoms with Gasteiger partial charge >= 0.3 is 6.29 Å². The summed E-state index contributed by atoms with van der Waals surface area (Å²) in [5, 5.41) is 4.93. The number of anilines is 1. The number of primary sulfonamides is 1. The van der Waals surface area contributed by atoms with Crippen LogP contribution in [-0.2, 0) is 20.0 Å². The Hall–Kier alpha value is -2.44. The van der Waals surface area contributed by atoms with E-state index in [-0.39, 0.29) is 27.0 Å². The summed E-state index contributed by atoms with van der Waals surface area (Å²) in [6.07, 6.45) is -3.82. The fourth-order valence-corrected chi connectivity index (χ4v) is 3.60. The van der Waals surface area contributed by atoms with Gasteiger partial charge in [0.2, 0.25) is 10.0 Å². The molecule has 0 atom stereocenters. The average molecular weight is 392 g/mol. The third-order valence-electron chi connectivity index (χ3n) is 3.12. The van der Waals surface area contributed by atoms with Crippen molar-refractivity contribution in [2.45, 2.75) is 16.1 Å². The van der Waals surface area contributed by atoms with Crippen molar-refractivity contribution >= 4 is 25.7 Å². The molecule has 0 amide bonds. The Morgan fingerprint density at radius 2 is 1.44 bits per heavy atom. The van der Waals surface area contributed by atoms with Crippen LogP contribution in [-0.4, -0.2) is 23.1 Å². The van der Waals surface area contributed by atoms with Crippen molar-refractivity contribution < 1.29 is 35.1 Å². The van der Waals surface area contributed by atoms with Gasteiger partial charge in [-0.25, -0.2) is 22.0 Å². The first kappa shape index (κ1) is 17.4. The van der Waals surface area contributed by atoms with E-state index < -0.39 is 26.3 Å². The lowest BCUT2D eigenvalue weighted by Crippen LogP contribution is -2.25. The maximum absolute atomic E-state index is 13.0. The molecule has 2 aromatic carbocycles. The molecule has 2 aromatic rings. The van der Waals surface area contributed by atoms with Gasteiger partial charge in [-0.1, -0.05) is 0 Å². The van der Waals surface area contributed by atoms with Gasteiger partial charge in [-0.15, -0.1) is 8.78 Å². The summed E-state index contributed by atoms with van der Waals surface area (Å²) in [6, 6.07) is 7.52. The molecule has 12 heteroatoms. The van der Waals surface area contributed by atoms with Crippen LogP contribution in [0, 0.1) is 0 Å². The maximum atomic E-state index is 13.0. The summed E-state index contributed by atoms with van der Waals surface area (Å²) in [4.78, 5) is -0.500. The Labute approximate surface area is 141 Å². The molecule has 0 unspecified atom stereocenters. The van der Waals surface area contributed by atoms with E-state index in [1.54, 1.807) is 0 Å². The summed E-state index contributed by atoms with van der Waals surface area (Å²) in [5.74, 6) is -0.555. The van der Waals surface area contributed by atoms with Crippen molar-refractivity contribution in [3.63, 3.8) is 0 Å². The number of fused-ring (bicyclic) bond motifs is 1. The molecule has 8 nitrogen and oxygen atoms in total. The summed E-state index contributed by atoms with van der Waals surface area (Å²) in [7, 11) is -8.05. The van der Waals surface area contributed by atoms with Crippen molar-refractivity contribution in [2.24, 2.45) is 5.14 Å². The lowest BCUT2D eigenvalue weighted by Gasteiger charge is -2.09. The number of nitrogens with two attached hydrogens (primary N) is 1. The Morgan fingerprint density at radius 3 is 2.04 bits per heavy atom. The van der Waals surface area contributed by atoms with Gasteiger partial charge in [-0.3, -0.25) is 4.72 Å². The van der Waals surface area contributed by atoms with Crippen LogP contribution in [0.15, 0.2) is 52.3 Å². The van der Waals surface area contributed by atoms with Crippen molar-refractivity contribution in [1.29, 1.82) is 0 Å². The highest BCUT2D eigenvalue weighted by molar-refractivity contribution is 7.92. The van der Waals surface area contributed by atoms with Gasteiger partial charge in [-0.05, 0) is 36.4 Å². The fourth-order valence-electron chi connectivity index (χ4n) is 2.04. The quantitative estimate of drug-likeness (QED) is 0.812. The van der Waals surface area contributed by atoms with Crippen molar-refractivity contribution in [3.05, 3.63) is 42.5 Å². The molecule has 0 saturated heterocycles. The van der Waals surface area contributed by atoms with Gasteiger partial charge in [0.15, 0.2) is 11.5 Å². The molecule has 0 spiro atoms. The van der Waals surface area contributed by atoms with Gasteiger partial charge in [0.1, 0.15) is 0 Å². The van der Waals surface area contributed by atoms with Crippen LogP contribution in [0.4, 0.5) is 14.5 Å². The van der Waals surface area contributed by atoms with E-state index in [1.807, 2.05) is 0 Å². The molecule has 1 aliphatic rings. The average Bonchev–Trinajstić information content (AvgIpc) is 2.79. The number of sulfonamides is 2. The zero-order valence-corrected chi connectivity index (χ0v) is 13.8. The van der Waals surface area contributed by atoms with E-state index in [0.717, 1.165) is 36.4 Å². The summed E-state index contributed by atoms with van der Waals surface area (Å²) in [5.41, 5.74) is -0.0458. The minimum absolute atomic E-state index is 0.0458. The van der Waals surface area contributed by atoms with Crippen LogP contribution in [0.1, 0.15) is 0 Å². The normalized spacial score (nSPS) is 15.8. The van der Waals surface area contributed by atoms with Gasteiger partial charge in [0.05, 0.1) is 15.5 Å². The first-order valence-electron chi connectivity index (χ1n) is 6.52. The number of ether oxygens (including phenoxy) is 2. The predicted molar refractivity (Wildman–Crippen MR) is 81.3 cm³/mol. The molecular weight excluding hydrogens is 382 g/mol. The zero-order valence-electron chi connectivity index (χ0n) is 12.1. The van der Waals surface area contributed by atoms with Gasteiger partial charge in [-0.2, -0.15) is 0 Å². The van der Waals surface area contributed by atoms with E-state index in [4.69, 9.17) is 5.14 Å². The maximum Gasteiger partial charge on any atom is 0.586 e. The van der Waals surface area contributed by atoms with Crippen molar-refractivity contribution in [1.82, 2.24) is 0 Å². The fraction of sp³-hybridized carbons (Fsp3) is 0.0769.